The van der Waals surface area contributed by atoms with Gasteiger partial charge in [-0.1, -0.05) is 30.3 Å². The lowest BCUT2D eigenvalue weighted by Crippen LogP contribution is -2.37. The third-order valence-corrected chi connectivity index (χ3v) is 4.44. The number of ether oxygens (including phenoxy) is 1. The van der Waals surface area contributed by atoms with Gasteiger partial charge in [-0.15, -0.1) is 0 Å². The zero-order chi connectivity index (χ0) is 14.2. The molecule has 1 aromatic rings. The van der Waals surface area contributed by atoms with E-state index in [0.717, 1.165) is 18.9 Å². The predicted octanol–water partition coefficient (Wildman–Crippen LogP) is 2.30. The monoisotopic (exact) mass is 276 g/mol. The summed E-state index contributed by atoms with van der Waals surface area (Å²) in [7, 11) is 1.75. The van der Waals surface area contributed by atoms with Crippen molar-refractivity contribution in [2.45, 2.75) is 31.8 Å². The van der Waals surface area contributed by atoms with Crippen LogP contribution in [0, 0.1) is 5.92 Å². The van der Waals surface area contributed by atoms with Crippen molar-refractivity contribution in [1.29, 1.82) is 0 Å². The van der Waals surface area contributed by atoms with Crippen LogP contribution in [0.5, 0.6) is 0 Å². The van der Waals surface area contributed by atoms with Gasteiger partial charge in [-0.3, -0.25) is 0 Å². The SMILES string of the molecule is COC(CN)CCN1CCC(Cc2ccccc2)CC1. The summed E-state index contributed by atoms with van der Waals surface area (Å²) in [6, 6.07) is 10.9. The molecular formula is C17H28N2O. The van der Waals surface area contributed by atoms with E-state index >= 15 is 0 Å². The summed E-state index contributed by atoms with van der Waals surface area (Å²) in [4.78, 5) is 2.56. The van der Waals surface area contributed by atoms with E-state index in [-0.39, 0.29) is 6.10 Å². The highest BCUT2D eigenvalue weighted by Crippen LogP contribution is 2.21. The highest BCUT2D eigenvalue weighted by molar-refractivity contribution is 5.15. The van der Waals surface area contributed by atoms with Crippen molar-refractivity contribution in [1.82, 2.24) is 4.90 Å². The highest BCUT2D eigenvalue weighted by Gasteiger charge is 2.19. The second-order valence-electron chi connectivity index (χ2n) is 5.86. The number of methoxy groups -OCH3 is 1. The van der Waals surface area contributed by atoms with Gasteiger partial charge in [0, 0.05) is 20.2 Å². The normalized spacial score (nSPS) is 19.1. The summed E-state index contributed by atoms with van der Waals surface area (Å²) < 4.78 is 5.34. The van der Waals surface area contributed by atoms with Gasteiger partial charge in [0.05, 0.1) is 6.10 Å². The van der Waals surface area contributed by atoms with Crippen molar-refractivity contribution in [3.05, 3.63) is 35.9 Å². The third kappa shape index (κ3) is 4.89. The first kappa shape index (κ1) is 15.5. The number of nitrogens with two attached hydrogens (primary N) is 1. The smallest absolute Gasteiger partial charge is 0.0705 e. The van der Waals surface area contributed by atoms with E-state index in [1.165, 1.54) is 37.9 Å². The molecule has 0 spiro atoms. The van der Waals surface area contributed by atoms with E-state index in [9.17, 15) is 0 Å². The van der Waals surface area contributed by atoms with Gasteiger partial charge < -0.3 is 15.4 Å². The molecule has 1 atom stereocenters. The second kappa shape index (κ2) is 8.40. The molecule has 0 saturated carbocycles. The van der Waals surface area contributed by atoms with Crippen molar-refractivity contribution in [3.8, 4) is 0 Å². The standard InChI is InChI=1S/C17H28N2O/c1-20-17(14-18)9-12-19-10-7-16(8-11-19)13-15-5-3-2-4-6-15/h2-6,16-17H,7-14,18H2,1H3. The Balaban J connectivity index is 1.67. The van der Waals surface area contributed by atoms with E-state index in [1.807, 2.05) is 0 Å². The first-order valence-electron chi connectivity index (χ1n) is 7.81. The van der Waals surface area contributed by atoms with Crippen molar-refractivity contribution < 1.29 is 4.74 Å². The van der Waals surface area contributed by atoms with E-state index in [4.69, 9.17) is 10.5 Å². The number of benzene rings is 1. The lowest BCUT2D eigenvalue weighted by molar-refractivity contribution is 0.0824. The Morgan fingerprint density at radius 1 is 1.25 bits per heavy atom. The van der Waals surface area contributed by atoms with Crippen LogP contribution in [-0.2, 0) is 11.2 Å². The van der Waals surface area contributed by atoms with Gasteiger partial charge in [0.25, 0.3) is 0 Å². The zero-order valence-corrected chi connectivity index (χ0v) is 12.6. The summed E-state index contributed by atoms with van der Waals surface area (Å²) in [6.45, 7) is 4.19. The van der Waals surface area contributed by atoms with Crippen molar-refractivity contribution in [2.24, 2.45) is 11.7 Å². The number of hydrogen-bond donors (Lipinski definition) is 1. The largest absolute Gasteiger partial charge is 0.380 e. The Morgan fingerprint density at radius 2 is 1.95 bits per heavy atom. The van der Waals surface area contributed by atoms with Crippen molar-refractivity contribution in [3.63, 3.8) is 0 Å². The van der Waals surface area contributed by atoms with Crippen molar-refractivity contribution in [2.75, 3.05) is 33.3 Å². The lowest BCUT2D eigenvalue weighted by Gasteiger charge is -2.32. The molecule has 1 aliphatic rings. The molecule has 0 radical (unpaired) electrons. The van der Waals surface area contributed by atoms with E-state index in [2.05, 4.69) is 35.2 Å². The van der Waals surface area contributed by atoms with Crippen molar-refractivity contribution >= 4 is 0 Å². The van der Waals surface area contributed by atoms with E-state index < -0.39 is 0 Å². The van der Waals surface area contributed by atoms with Crippen LogP contribution in [0.2, 0.25) is 0 Å². The molecule has 1 fully saturated rings. The molecule has 1 unspecified atom stereocenters. The van der Waals surface area contributed by atoms with Gasteiger partial charge in [0.1, 0.15) is 0 Å². The first-order chi connectivity index (χ1) is 9.81. The maximum atomic E-state index is 5.66. The topological polar surface area (TPSA) is 38.5 Å². The molecule has 2 rings (SSSR count). The molecule has 1 saturated heterocycles. The molecule has 0 aromatic heterocycles. The summed E-state index contributed by atoms with van der Waals surface area (Å²) in [6.07, 6.45) is 5.14. The Bertz CT molecular complexity index is 357. The third-order valence-electron chi connectivity index (χ3n) is 4.44. The van der Waals surface area contributed by atoms with Crippen LogP contribution in [-0.4, -0.2) is 44.3 Å². The predicted molar refractivity (Wildman–Crippen MR) is 83.8 cm³/mol. The average Bonchev–Trinajstić information content (AvgIpc) is 2.51. The van der Waals surface area contributed by atoms with Crippen LogP contribution in [0.3, 0.4) is 0 Å². The van der Waals surface area contributed by atoms with E-state index in [0.29, 0.717) is 6.54 Å². The Morgan fingerprint density at radius 3 is 2.55 bits per heavy atom. The second-order valence-corrected chi connectivity index (χ2v) is 5.86. The minimum atomic E-state index is 0.219. The molecule has 0 amide bonds. The number of nitrogens with zero attached hydrogens (tertiary/aromatic N) is 1. The fourth-order valence-electron chi connectivity index (χ4n) is 3.02. The molecule has 1 aromatic carbocycles. The fraction of sp³-hybridized carbons (Fsp3) is 0.647. The van der Waals surface area contributed by atoms with Crippen LogP contribution in [0.15, 0.2) is 30.3 Å². The number of likely N-dealkylation sites (tertiary alicyclic amines) is 1. The minimum absolute atomic E-state index is 0.219. The molecule has 1 heterocycles. The van der Waals surface area contributed by atoms with Gasteiger partial charge in [0.2, 0.25) is 0 Å². The highest BCUT2D eigenvalue weighted by atomic mass is 16.5. The Kier molecular flexibility index (Phi) is 6.51. The van der Waals surface area contributed by atoms with Crippen LogP contribution in [0.1, 0.15) is 24.8 Å². The molecule has 1 aliphatic heterocycles. The maximum absolute atomic E-state index is 5.66. The summed E-state index contributed by atoms with van der Waals surface area (Å²) in [5.41, 5.74) is 7.14. The molecule has 3 heteroatoms. The van der Waals surface area contributed by atoms with Gasteiger partial charge in [-0.05, 0) is 50.3 Å². The van der Waals surface area contributed by atoms with Crippen LogP contribution >= 0.6 is 0 Å². The van der Waals surface area contributed by atoms with Crippen LogP contribution in [0.25, 0.3) is 0 Å². The molecular weight excluding hydrogens is 248 g/mol. The summed E-state index contributed by atoms with van der Waals surface area (Å²) in [5.74, 6) is 0.849. The molecule has 0 aliphatic carbocycles. The van der Waals surface area contributed by atoms with Gasteiger partial charge >= 0.3 is 0 Å². The number of rotatable bonds is 7. The minimum Gasteiger partial charge on any atom is -0.380 e. The van der Waals surface area contributed by atoms with Gasteiger partial charge in [-0.25, -0.2) is 0 Å². The van der Waals surface area contributed by atoms with Crippen LogP contribution < -0.4 is 5.73 Å². The Labute approximate surface area is 123 Å². The number of hydrogen-bond acceptors (Lipinski definition) is 3. The lowest BCUT2D eigenvalue weighted by atomic mass is 9.90. The van der Waals surface area contributed by atoms with Gasteiger partial charge in [-0.2, -0.15) is 0 Å². The van der Waals surface area contributed by atoms with Crippen LogP contribution in [0.4, 0.5) is 0 Å². The quantitative estimate of drug-likeness (QED) is 0.830. The summed E-state index contributed by atoms with van der Waals surface area (Å²) in [5, 5.41) is 0. The molecule has 3 nitrogen and oxygen atoms in total. The number of piperidine rings is 1. The molecule has 2 N–H and O–H groups in total. The summed E-state index contributed by atoms with van der Waals surface area (Å²) >= 11 is 0. The van der Waals surface area contributed by atoms with Gasteiger partial charge in [0.15, 0.2) is 0 Å². The first-order valence-corrected chi connectivity index (χ1v) is 7.81. The molecule has 20 heavy (non-hydrogen) atoms. The molecule has 0 bridgehead atoms. The Hall–Kier alpha value is -0.900. The zero-order valence-electron chi connectivity index (χ0n) is 12.6. The molecule has 112 valence electrons. The van der Waals surface area contributed by atoms with E-state index in [1.54, 1.807) is 7.11 Å². The fourth-order valence-corrected chi connectivity index (χ4v) is 3.02. The average molecular weight is 276 g/mol. The maximum Gasteiger partial charge on any atom is 0.0705 e.